The van der Waals surface area contributed by atoms with Gasteiger partial charge >= 0.3 is 0 Å². The number of hydrogen-bond acceptors (Lipinski definition) is 2. The Morgan fingerprint density at radius 1 is 1.16 bits per heavy atom. The Morgan fingerprint density at radius 2 is 1.74 bits per heavy atom. The SMILES string of the molecule is CCc1ccc(C(O)C(C)OCCC(C)(C)C)cc1. The van der Waals surface area contributed by atoms with E-state index in [0.29, 0.717) is 6.61 Å². The van der Waals surface area contributed by atoms with E-state index in [9.17, 15) is 5.11 Å². The van der Waals surface area contributed by atoms with Crippen LogP contribution in [0.5, 0.6) is 0 Å². The Bertz CT molecular complexity index is 362. The molecular weight excluding hydrogens is 236 g/mol. The molecule has 0 saturated carbocycles. The van der Waals surface area contributed by atoms with Crippen molar-refractivity contribution in [2.45, 2.75) is 59.7 Å². The summed E-state index contributed by atoms with van der Waals surface area (Å²) in [4.78, 5) is 0. The number of rotatable bonds is 6. The van der Waals surface area contributed by atoms with Crippen LogP contribution in [-0.4, -0.2) is 17.8 Å². The van der Waals surface area contributed by atoms with Gasteiger partial charge in [0.15, 0.2) is 0 Å². The minimum atomic E-state index is -0.550. The van der Waals surface area contributed by atoms with Crippen LogP contribution in [0.3, 0.4) is 0 Å². The first-order chi connectivity index (χ1) is 8.83. The molecule has 0 aliphatic heterocycles. The van der Waals surface area contributed by atoms with Gasteiger partial charge in [-0.3, -0.25) is 0 Å². The topological polar surface area (TPSA) is 29.5 Å². The number of hydrogen-bond donors (Lipinski definition) is 1. The molecule has 0 bridgehead atoms. The fourth-order valence-electron chi connectivity index (χ4n) is 1.86. The fraction of sp³-hybridized carbons (Fsp3) is 0.647. The third kappa shape index (κ3) is 5.75. The lowest BCUT2D eigenvalue weighted by molar-refractivity contribution is -0.0350. The molecule has 1 aromatic rings. The molecule has 2 nitrogen and oxygen atoms in total. The van der Waals surface area contributed by atoms with Crippen LogP contribution in [0.4, 0.5) is 0 Å². The Hall–Kier alpha value is -0.860. The molecule has 0 amide bonds. The summed E-state index contributed by atoms with van der Waals surface area (Å²) < 4.78 is 5.74. The van der Waals surface area contributed by atoms with Gasteiger partial charge in [-0.25, -0.2) is 0 Å². The molecule has 0 fully saturated rings. The van der Waals surface area contributed by atoms with Crippen LogP contribution < -0.4 is 0 Å². The Labute approximate surface area is 117 Å². The predicted molar refractivity (Wildman–Crippen MR) is 80.3 cm³/mol. The third-order valence-corrected chi connectivity index (χ3v) is 3.41. The van der Waals surface area contributed by atoms with E-state index in [-0.39, 0.29) is 11.5 Å². The molecule has 19 heavy (non-hydrogen) atoms. The average molecular weight is 264 g/mol. The summed E-state index contributed by atoms with van der Waals surface area (Å²) in [5.41, 5.74) is 2.49. The van der Waals surface area contributed by atoms with Crippen molar-refractivity contribution in [3.8, 4) is 0 Å². The molecule has 2 heteroatoms. The van der Waals surface area contributed by atoms with Crippen molar-refractivity contribution in [2.24, 2.45) is 5.41 Å². The Morgan fingerprint density at radius 3 is 2.21 bits per heavy atom. The zero-order chi connectivity index (χ0) is 14.5. The van der Waals surface area contributed by atoms with E-state index in [1.807, 2.05) is 19.1 Å². The molecule has 1 rings (SSSR count). The number of benzene rings is 1. The van der Waals surface area contributed by atoms with Crippen molar-refractivity contribution >= 4 is 0 Å². The molecule has 0 radical (unpaired) electrons. The summed E-state index contributed by atoms with van der Waals surface area (Å²) in [5.74, 6) is 0. The lowest BCUT2D eigenvalue weighted by Crippen LogP contribution is -2.21. The van der Waals surface area contributed by atoms with Gasteiger partial charge in [-0.05, 0) is 36.3 Å². The van der Waals surface area contributed by atoms with Crippen LogP contribution in [0.2, 0.25) is 0 Å². The monoisotopic (exact) mass is 264 g/mol. The van der Waals surface area contributed by atoms with Gasteiger partial charge in [-0.2, -0.15) is 0 Å². The first-order valence-corrected chi connectivity index (χ1v) is 7.22. The Balaban J connectivity index is 2.49. The molecule has 0 heterocycles. The molecule has 0 saturated heterocycles. The molecule has 0 aliphatic rings. The molecule has 1 aromatic carbocycles. The number of aliphatic hydroxyl groups is 1. The average Bonchev–Trinajstić information content (AvgIpc) is 2.36. The van der Waals surface area contributed by atoms with E-state index in [0.717, 1.165) is 18.4 Å². The van der Waals surface area contributed by atoms with Gasteiger partial charge in [0.2, 0.25) is 0 Å². The van der Waals surface area contributed by atoms with E-state index in [4.69, 9.17) is 4.74 Å². The van der Waals surface area contributed by atoms with Crippen molar-refractivity contribution in [3.05, 3.63) is 35.4 Å². The predicted octanol–water partition coefficient (Wildman–Crippen LogP) is 4.12. The van der Waals surface area contributed by atoms with Crippen molar-refractivity contribution in [1.29, 1.82) is 0 Å². The maximum atomic E-state index is 10.3. The van der Waals surface area contributed by atoms with Gasteiger partial charge in [-0.1, -0.05) is 52.0 Å². The van der Waals surface area contributed by atoms with Gasteiger partial charge in [0.1, 0.15) is 6.10 Å². The third-order valence-electron chi connectivity index (χ3n) is 3.41. The van der Waals surface area contributed by atoms with Gasteiger partial charge in [0.05, 0.1) is 6.10 Å². The molecule has 2 unspecified atom stereocenters. The van der Waals surface area contributed by atoms with Gasteiger partial charge in [0, 0.05) is 6.61 Å². The zero-order valence-electron chi connectivity index (χ0n) is 12.9. The summed E-state index contributed by atoms with van der Waals surface area (Å²) in [5, 5.41) is 10.3. The van der Waals surface area contributed by atoms with Crippen LogP contribution in [-0.2, 0) is 11.2 Å². The van der Waals surface area contributed by atoms with E-state index in [1.54, 1.807) is 0 Å². The van der Waals surface area contributed by atoms with E-state index < -0.39 is 6.10 Å². The molecule has 0 aromatic heterocycles. The quantitative estimate of drug-likeness (QED) is 0.837. The highest BCUT2D eigenvalue weighted by atomic mass is 16.5. The van der Waals surface area contributed by atoms with Gasteiger partial charge < -0.3 is 9.84 Å². The summed E-state index contributed by atoms with van der Waals surface area (Å²) in [6.07, 6.45) is 1.30. The standard InChI is InChI=1S/C17H28O2/c1-6-14-7-9-15(10-8-14)16(18)13(2)19-12-11-17(3,4)5/h7-10,13,16,18H,6,11-12H2,1-5H3. The van der Waals surface area contributed by atoms with Crippen molar-refractivity contribution < 1.29 is 9.84 Å². The van der Waals surface area contributed by atoms with Crippen molar-refractivity contribution in [1.82, 2.24) is 0 Å². The second-order valence-corrected chi connectivity index (χ2v) is 6.43. The molecule has 108 valence electrons. The highest BCUT2D eigenvalue weighted by molar-refractivity contribution is 5.24. The highest BCUT2D eigenvalue weighted by Gasteiger charge is 2.18. The van der Waals surface area contributed by atoms with E-state index in [2.05, 4.69) is 39.8 Å². The normalized spacial score (nSPS) is 15.3. The summed E-state index contributed by atoms with van der Waals surface area (Å²) in [6.45, 7) is 11.3. The maximum absolute atomic E-state index is 10.3. The molecule has 0 aliphatic carbocycles. The molecular formula is C17H28O2. The van der Waals surface area contributed by atoms with Crippen molar-refractivity contribution in [2.75, 3.05) is 6.61 Å². The first-order valence-electron chi connectivity index (χ1n) is 7.22. The van der Waals surface area contributed by atoms with Crippen LogP contribution in [0.1, 0.15) is 58.3 Å². The Kier molecular flexibility index (Phi) is 6.02. The lowest BCUT2D eigenvalue weighted by atomic mass is 9.93. The van der Waals surface area contributed by atoms with Gasteiger partial charge in [0.25, 0.3) is 0 Å². The minimum absolute atomic E-state index is 0.171. The minimum Gasteiger partial charge on any atom is -0.386 e. The highest BCUT2D eigenvalue weighted by Crippen LogP contribution is 2.22. The van der Waals surface area contributed by atoms with E-state index >= 15 is 0 Å². The lowest BCUT2D eigenvalue weighted by Gasteiger charge is -2.23. The number of aryl methyl sites for hydroxylation is 1. The summed E-state index contributed by atoms with van der Waals surface area (Å²) in [7, 11) is 0. The number of ether oxygens (including phenoxy) is 1. The smallest absolute Gasteiger partial charge is 0.105 e. The maximum Gasteiger partial charge on any atom is 0.105 e. The van der Waals surface area contributed by atoms with E-state index in [1.165, 1.54) is 5.56 Å². The second-order valence-electron chi connectivity index (χ2n) is 6.43. The molecule has 0 spiro atoms. The molecule has 2 atom stereocenters. The molecule has 1 N–H and O–H groups in total. The van der Waals surface area contributed by atoms with Crippen molar-refractivity contribution in [3.63, 3.8) is 0 Å². The second kappa shape index (κ2) is 7.06. The summed E-state index contributed by atoms with van der Waals surface area (Å²) >= 11 is 0. The largest absolute Gasteiger partial charge is 0.386 e. The first kappa shape index (κ1) is 16.2. The zero-order valence-corrected chi connectivity index (χ0v) is 12.9. The fourth-order valence-corrected chi connectivity index (χ4v) is 1.86. The van der Waals surface area contributed by atoms with Crippen LogP contribution in [0, 0.1) is 5.41 Å². The van der Waals surface area contributed by atoms with Crippen LogP contribution in [0.25, 0.3) is 0 Å². The van der Waals surface area contributed by atoms with Crippen LogP contribution >= 0.6 is 0 Å². The number of aliphatic hydroxyl groups excluding tert-OH is 1. The summed E-state index contributed by atoms with van der Waals surface area (Å²) in [6, 6.07) is 8.13. The van der Waals surface area contributed by atoms with Gasteiger partial charge in [-0.15, -0.1) is 0 Å². The van der Waals surface area contributed by atoms with Crippen LogP contribution in [0.15, 0.2) is 24.3 Å².